The van der Waals surface area contributed by atoms with Crippen LogP contribution in [-0.2, 0) is 42.0 Å². The van der Waals surface area contributed by atoms with Crippen molar-refractivity contribution in [2.45, 2.75) is 39.1 Å². The van der Waals surface area contributed by atoms with Crippen molar-refractivity contribution < 1.29 is 38.3 Å². The van der Waals surface area contributed by atoms with Crippen LogP contribution < -0.4 is 0 Å². The van der Waals surface area contributed by atoms with Crippen molar-refractivity contribution in [1.29, 1.82) is 0 Å². The van der Waals surface area contributed by atoms with Crippen LogP contribution in [0, 0.1) is 0 Å². The summed E-state index contributed by atoms with van der Waals surface area (Å²) in [6.07, 6.45) is -1.39. The van der Waals surface area contributed by atoms with E-state index in [2.05, 4.69) is 13.2 Å². The van der Waals surface area contributed by atoms with Gasteiger partial charge in [-0.05, 0) is 25.0 Å². The number of nitrogens with zero attached hydrogens (tertiary/aromatic N) is 2. The molecule has 0 unspecified atom stereocenters. The number of hydroxylamine groups is 4. The summed E-state index contributed by atoms with van der Waals surface area (Å²) >= 11 is 0. The minimum absolute atomic E-state index is 0.132. The van der Waals surface area contributed by atoms with Crippen LogP contribution in [0.2, 0.25) is 0 Å². The Morgan fingerprint density at radius 2 is 1.06 bits per heavy atom. The molecule has 36 heavy (non-hydrogen) atoms. The lowest BCUT2D eigenvalue weighted by Gasteiger charge is -2.17. The van der Waals surface area contributed by atoms with Crippen molar-refractivity contribution in [3.63, 3.8) is 0 Å². The van der Waals surface area contributed by atoms with E-state index in [9.17, 15) is 19.2 Å². The minimum atomic E-state index is -0.696. The minimum Gasteiger partial charge on any atom is -0.442 e. The highest BCUT2D eigenvalue weighted by molar-refractivity contribution is 5.93. The molecule has 2 fully saturated rings. The van der Waals surface area contributed by atoms with Crippen molar-refractivity contribution in [2.75, 3.05) is 0 Å². The first-order chi connectivity index (χ1) is 17.2. The van der Waals surface area contributed by atoms with Gasteiger partial charge in [0.1, 0.15) is 25.3 Å². The van der Waals surface area contributed by atoms with Gasteiger partial charge >= 0.3 is 24.1 Å². The van der Waals surface area contributed by atoms with E-state index in [1.807, 2.05) is 60.7 Å². The molecule has 0 saturated carbocycles. The Bertz CT molecular complexity index is 1060. The van der Waals surface area contributed by atoms with E-state index in [4.69, 9.17) is 19.1 Å². The summed E-state index contributed by atoms with van der Waals surface area (Å²) in [6.45, 7) is 10.6. The van der Waals surface area contributed by atoms with Crippen LogP contribution in [0.5, 0.6) is 0 Å². The normalized spacial score (nSPS) is 18.7. The third kappa shape index (κ3) is 6.29. The second-order valence-electron chi connectivity index (χ2n) is 7.89. The lowest BCUT2D eigenvalue weighted by atomic mass is 10.2. The number of rotatable bonds is 4. The van der Waals surface area contributed by atoms with Crippen LogP contribution in [0.1, 0.15) is 25.0 Å². The molecule has 2 aliphatic heterocycles. The molecular formula is C26H26N2O8. The van der Waals surface area contributed by atoms with Gasteiger partial charge in [0, 0.05) is 0 Å². The molecular weight excluding hydrogens is 468 g/mol. The van der Waals surface area contributed by atoms with Crippen molar-refractivity contribution >= 4 is 24.1 Å². The monoisotopic (exact) mass is 494 g/mol. The lowest BCUT2D eigenvalue weighted by Crippen LogP contribution is -2.33. The molecule has 2 aliphatic rings. The fraction of sp³-hybridized carbons (Fsp3) is 0.231. The topological polar surface area (TPSA) is 112 Å². The molecule has 2 amide bonds. The molecule has 0 radical (unpaired) electrons. The fourth-order valence-electron chi connectivity index (χ4n) is 3.03. The zero-order valence-corrected chi connectivity index (χ0v) is 19.9. The maximum Gasteiger partial charge on any atom is 0.444 e. The van der Waals surface area contributed by atoms with Crippen molar-refractivity contribution in [3.8, 4) is 0 Å². The predicted octanol–water partition coefficient (Wildman–Crippen LogP) is 4.08. The van der Waals surface area contributed by atoms with Gasteiger partial charge in [-0.2, -0.15) is 0 Å². The first-order valence-electron chi connectivity index (χ1n) is 11.0. The summed E-state index contributed by atoms with van der Waals surface area (Å²) in [5.41, 5.74) is 2.21. The lowest BCUT2D eigenvalue weighted by molar-refractivity contribution is -0.166. The Labute approximate surface area is 208 Å². The van der Waals surface area contributed by atoms with Gasteiger partial charge in [0.2, 0.25) is 0 Å². The van der Waals surface area contributed by atoms with Crippen LogP contribution in [0.15, 0.2) is 85.0 Å². The highest BCUT2D eigenvalue weighted by atomic mass is 16.8. The first-order valence-corrected chi connectivity index (χ1v) is 11.0. The number of hydrogen-bond donors (Lipinski definition) is 0. The average molecular weight is 495 g/mol. The molecule has 2 saturated heterocycles. The van der Waals surface area contributed by atoms with Crippen LogP contribution in [0.25, 0.3) is 0 Å². The summed E-state index contributed by atoms with van der Waals surface area (Å²) in [7, 11) is 0. The number of carbonyl (C=O) groups is 4. The van der Waals surface area contributed by atoms with E-state index in [0.29, 0.717) is 0 Å². The molecule has 0 bridgehead atoms. The highest BCUT2D eigenvalue weighted by Crippen LogP contribution is 2.22. The summed E-state index contributed by atoms with van der Waals surface area (Å²) in [4.78, 5) is 55.3. The van der Waals surface area contributed by atoms with E-state index in [-0.39, 0.29) is 24.4 Å². The van der Waals surface area contributed by atoms with Crippen LogP contribution in [0.4, 0.5) is 9.59 Å². The smallest absolute Gasteiger partial charge is 0.442 e. The quantitative estimate of drug-likeness (QED) is 0.585. The van der Waals surface area contributed by atoms with Gasteiger partial charge in [-0.15, -0.1) is 10.1 Å². The maximum absolute atomic E-state index is 11.7. The van der Waals surface area contributed by atoms with Gasteiger partial charge in [-0.3, -0.25) is 0 Å². The predicted molar refractivity (Wildman–Crippen MR) is 126 cm³/mol. The molecule has 2 aromatic carbocycles. The third-order valence-corrected chi connectivity index (χ3v) is 5.37. The number of benzene rings is 2. The van der Waals surface area contributed by atoms with Crippen molar-refractivity contribution in [3.05, 3.63) is 96.1 Å². The van der Waals surface area contributed by atoms with E-state index >= 15 is 0 Å². The van der Waals surface area contributed by atoms with E-state index in [1.54, 1.807) is 13.8 Å². The molecule has 2 atom stereocenters. The maximum atomic E-state index is 11.7. The zero-order valence-electron chi connectivity index (χ0n) is 19.9. The Morgan fingerprint density at radius 1 is 0.722 bits per heavy atom. The van der Waals surface area contributed by atoms with E-state index in [1.165, 1.54) is 0 Å². The zero-order chi connectivity index (χ0) is 26.2. The fourth-order valence-corrected chi connectivity index (χ4v) is 3.03. The summed E-state index contributed by atoms with van der Waals surface area (Å²) in [6, 6.07) is 17.5. The molecule has 10 heteroatoms. The second kappa shape index (κ2) is 11.7. The molecule has 0 aliphatic carbocycles. The SMILES string of the molecule is C=C1C(=O)ON(C(=O)OCc2ccccc2)[C@H]1C.C=C1C(=O)ON(C(=O)OCc2ccccc2)[C@H]1C. The second-order valence-corrected chi connectivity index (χ2v) is 7.89. The average Bonchev–Trinajstić information content (AvgIpc) is 3.31. The van der Waals surface area contributed by atoms with Crippen LogP contribution >= 0.6 is 0 Å². The first kappa shape index (κ1) is 26.0. The van der Waals surface area contributed by atoms with Gasteiger partial charge in [0.25, 0.3) is 0 Å². The summed E-state index contributed by atoms with van der Waals surface area (Å²) in [5.74, 6) is -1.20. The summed E-state index contributed by atoms with van der Waals surface area (Å²) in [5, 5.41) is 1.79. The Hall–Kier alpha value is -4.60. The van der Waals surface area contributed by atoms with Gasteiger partial charge in [0.05, 0.1) is 11.1 Å². The Kier molecular flexibility index (Phi) is 8.45. The van der Waals surface area contributed by atoms with E-state index in [0.717, 1.165) is 21.3 Å². The molecule has 0 spiro atoms. The Balaban J connectivity index is 0.000000201. The Morgan fingerprint density at radius 3 is 1.33 bits per heavy atom. The largest absolute Gasteiger partial charge is 0.444 e. The van der Waals surface area contributed by atoms with Crippen LogP contribution in [-0.4, -0.2) is 46.3 Å². The molecule has 0 aromatic heterocycles. The molecule has 2 heterocycles. The van der Waals surface area contributed by atoms with Crippen LogP contribution in [0.3, 0.4) is 0 Å². The van der Waals surface area contributed by atoms with Crippen molar-refractivity contribution in [2.24, 2.45) is 0 Å². The standard InChI is InChI=1S/2C13H13NO4/c2*1-9-10(2)14(18-12(9)15)13(16)17-8-11-6-4-3-5-7-11/h2*3-7,10H,1,8H2,2H3/t2*10-/m00/s1. The molecule has 4 rings (SSSR count). The highest BCUT2D eigenvalue weighted by Gasteiger charge is 2.39. The number of hydrogen-bond acceptors (Lipinski definition) is 8. The van der Waals surface area contributed by atoms with Gasteiger partial charge < -0.3 is 19.1 Å². The van der Waals surface area contributed by atoms with Crippen molar-refractivity contribution in [1.82, 2.24) is 10.1 Å². The van der Waals surface area contributed by atoms with E-state index < -0.39 is 36.2 Å². The summed E-state index contributed by atoms with van der Waals surface area (Å²) < 4.78 is 10.1. The number of ether oxygens (including phenoxy) is 2. The van der Waals surface area contributed by atoms with Gasteiger partial charge in [-0.25, -0.2) is 19.2 Å². The molecule has 0 N–H and O–H groups in total. The van der Waals surface area contributed by atoms with Gasteiger partial charge in [-0.1, -0.05) is 73.8 Å². The number of carbonyl (C=O) groups excluding carboxylic acids is 4. The molecule has 2 aromatic rings. The molecule has 188 valence electrons. The van der Waals surface area contributed by atoms with Gasteiger partial charge in [0.15, 0.2) is 0 Å². The third-order valence-electron chi connectivity index (χ3n) is 5.37. The number of amides is 2. The molecule has 10 nitrogen and oxygen atoms in total.